The van der Waals surface area contributed by atoms with Crippen molar-refractivity contribution >= 4 is 19.7 Å². The van der Waals surface area contributed by atoms with Crippen molar-refractivity contribution in [3.63, 3.8) is 0 Å². The number of alkyl halides is 3. The van der Waals surface area contributed by atoms with E-state index >= 15 is 0 Å². The van der Waals surface area contributed by atoms with Crippen molar-refractivity contribution < 1.29 is 21.6 Å². The molecule has 1 heterocycles. The SMILES string of the molecule is CCCn1cc(C(C(F)(F)F)S(=O)(=O)Cl)cn1. The van der Waals surface area contributed by atoms with Gasteiger partial charge < -0.3 is 0 Å². The quantitative estimate of drug-likeness (QED) is 0.801. The topological polar surface area (TPSA) is 52.0 Å². The molecule has 0 aliphatic carbocycles. The van der Waals surface area contributed by atoms with E-state index in [4.69, 9.17) is 10.7 Å². The van der Waals surface area contributed by atoms with E-state index in [9.17, 15) is 21.6 Å². The molecule has 0 fully saturated rings. The van der Waals surface area contributed by atoms with Crippen molar-refractivity contribution in [1.29, 1.82) is 0 Å². The van der Waals surface area contributed by atoms with Crippen LogP contribution in [0.1, 0.15) is 24.2 Å². The van der Waals surface area contributed by atoms with Crippen LogP contribution in [0.3, 0.4) is 0 Å². The third-order valence-corrected chi connectivity index (χ3v) is 3.62. The van der Waals surface area contributed by atoms with Gasteiger partial charge in [0.15, 0.2) is 5.25 Å². The van der Waals surface area contributed by atoms with Gasteiger partial charge in [0.25, 0.3) is 0 Å². The maximum absolute atomic E-state index is 12.6. The summed E-state index contributed by atoms with van der Waals surface area (Å²) in [6.07, 6.45) is -2.37. The Morgan fingerprint density at radius 1 is 1.53 bits per heavy atom. The van der Waals surface area contributed by atoms with Crippen LogP contribution in [0, 0.1) is 0 Å². The van der Waals surface area contributed by atoms with Gasteiger partial charge in [-0.25, -0.2) is 8.42 Å². The van der Waals surface area contributed by atoms with E-state index in [1.165, 1.54) is 4.68 Å². The summed E-state index contributed by atoms with van der Waals surface area (Å²) in [5.41, 5.74) is -0.471. The first-order valence-corrected chi connectivity index (χ1v) is 7.06. The van der Waals surface area contributed by atoms with Crippen LogP contribution in [-0.2, 0) is 15.6 Å². The molecule has 1 aromatic heterocycles. The highest BCUT2D eigenvalue weighted by Gasteiger charge is 2.49. The van der Waals surface area contributed by atoms with E-state index in [0.717, 1.165) is 12.4 Å². The second kappa shape index (κ2) is 4.85. The second-order valence-electron chi connectivity index (χ2n) is 3.43. The van der Waals surface area contributed by atoms with Gasteiger partial charge in [0, 0.05) is 29.0 Å². The number of hydrogen-bond donors (Lipinski definition) is 0. The summed E-state index contributed by atoms with van der Waals surface area (Å²) in [6, 6.07) is 0. The Morgan fingerprint density at radius 3 is 2.53 bits per heavy atom. The van der Waals surface area contributed by atoms with Crippen molar-refractivity contribution in [2.24, 2.45) is 0 Å². The lowest BCUT2D eigenvalue weighted by Crippen LogP contribution is -2.25. The maximum Gasteiger partial charge on any atom is 0.410 e. The zero-order valence-electron chi connectivity index (χ0n) is 8.78. The second-order valence-corrected chi connectivity index (χ2v) is 6.15. The molecule has 17 heavy (non-hydrogen) atoms. The fourth-order valence-electron chi connectivity index (χ4n) is 1.38. The smallest absolute Gasteiger partial charge is 0.272 e. The van der Waals surface area contributed by atoms with E-state index in [0.29, 0.717) is 13.0 Å². The van der Waals surface area contributed by atoms with E-state index in [2.05, 4.69) is 5.10 Å². The van der Waals surface area contributed by atoms with Gasteiger partial charge in [0.2, 0.25) is 9.05 Å². The van der Waals surface area contributed by atoms with Crippen LogP contribution in [0.25, 0.3) is 0 Å². The molecule has 0 amide bonds. The van der Waals surface area contributed by atoms with Crippen molar-refractivity contribution in [1.82, 2.24) is 9.78 Å². The number of nitrogens with zero attached hydrogens (tertiary/aromatic N) is 2. The van der Waals surface area contributed by atoms with Gasteiger partial charge >= 0.3 is 6.18 Å². The average Bonchev–Trinajstić information content (AvgIpc) is 2.47. The summed E-state index contributed by atoms with van der Waals surface area (Å²) in [6.45, 7) is 2.23. The summed E-state index contributed by atoms with van der Waals surface area (Å²) in [5.74, 6) is 0. The van der Waals surface area contributed by atoms with Crippen molar-refractivity contribution in [3.05, 3.63) is 18.0 Å². The first kappa shape index (κ1) is 14.3. The molecule has 4 nitrogen and oxygen atoms in total. The van der Waals surface area contributed by atoms with Crippen molar-refractivity contribution in [3.8, 4) is 0 Å². The molecular weight excluding hydrogens is 281 g/mol. The molecular formula is C8H10ClF3N2O2S. The summed E-state index contributed by atoms with van der Waals surface area (Å²) >= 11 is 0. The molecule has 1 unspecified atom stereocenters. The zero-order valence-corrected chi connectivity index (χ0v) is 10.3. The molecule has 0 aliphatic rings. The molecule has 9 heteroatoms. The molecule has 0 saturated heterocycles. The average molecular weight is 291 g/mol. The summed E-state index contributed by atoms with van der Waals surface area (Å²) < 4.78 is 60.9. The highest BCUT2D eigenvalue weighted by Crippen LogP contribution is 2.40. The van der Waals surface area contributed by atoms with Gasteiger partial charge in [-0.2, -0.15) is 18.3 Å². The number of hydrogen-bond acceptors (Lipinski definition) is 3. The first-order chi connectivity index (χ1) is 7.66. The molecule has 1 atom stereocenters. The minimum Gasteiger partial charge on any atom is -0.272 e. The van der Waals surface area contributed by atoms with E-state index in [1.54, 1.807) is 0 Å². The minimum atomic E-state index is -4.96. The van der Waals surface area contributed by atoms with E-state index in [-0.39, 0.29) is 0 Å². The Hall–Kier alpha value is -0.760. The van der Waals surface area contributed by atoms with Gasteiger partial charge in [-0.05, 0) is 6.42 Å². The molecule has 0 aromatic carbocycles. The number of halogens is 4. The Kier molecular flexibility index (Phi) is 4.08. The maximum atomic E-state index is 12.6. The van der Waals surface area contributed by atoms with Crippen LogP contribution in [-0.4, -0.2) is 24.4 Å². The van der Waals surface area contributed by atoms with Crippen LogP contribution >= 0.6 is 10.7 Å². The van der Waals surface area contributed by atoms with Gasteiger partial charge in [-0.15, -0.1) is 0 Å². The van der Waals surface area contributed by atoms with Crippen LogP contribution in [0.4, 0.5) is 13.2 Å². The molecule has 0 radical (unpaired) electrons. The molecule has 98 valence electrons. The number of aromatic nitrogens is 2. The van der Waals surface area contributed by atoms with Gasteiger partial charge in [0.05, 0.1) is 6.20 Å². The summed E-state index contributed by atoms with van der Waals surface area (Å²) in [5, 5.41) is 0.913. The molecule has 0 saturated carbocycles. The Balaban J connectivity index is 3.15. The third kappa shape index (κ3) is 3.60. The fourth-order valence-corrected chi connectivity index (χ4v) is 2.76. The van der Waals surface area contributed by atoms with Gasteiger partial charge in [-0.3, -0.25) is 4.68 Å². The highest BCUT2D eigenvalue weighted by molar-refractivity contribution is 8.14. The van der Waals surface area contributed by atoms with E-state index in [1.807, 2.05) is 6.92 Å². The standard InChI is InChI=1S/C8H10ClF3N2O2S/c1-2-3-14-5-6(4-13-14)7(8(10,11)12)17(9,15)16/h4-5,7H,2-3H2,1H3. The Morgan fingerprint density at radius 2 is 2.12 bits per heavy atom. The van der Waals surface area contributed by atoms with Crippen LogP contribution < -0.4 is 0 Å². The predicted molar refractivity (Wildman–Crippen MR) is 56.1 cm³/mol. The normalized spacial score (nSPS) is 14.9. The Labute approximate surface area is 101 Å². The van der Waals surface area contributed by atoms with E-state index < -0.39 is 26.0 Å². The molecule has 1 aromatic rings. The highest BCUT2D eigenvalue weighted by atomic mass is 35.7. The molecule has 1 rings (SSSR count). The number of aryl methyl sites for hydroxylation is 1. The molecule has 0 N–H and O–H groups in total. The molecule has 0 spiro atoms. The van der Waals surface area contributed by atoms with Crippen LogP contribution in [0.5, 0.6) is 0 Å². The van der Waals surface area contributed by atoms with Gasteiger partial charge in [-0.1, -0.05) is 6.92 Å². The molecule has 0 bridgehead atoms. The largest absolute Gasteiger partial charge is 0.410 e. The first-order valence-electron chi connectivity index (χ1n) is 4.68. The molecule has 0 aliphatic heterocycles. The third-order valence-electron chi connectivity index (χ3n) is 1.99. The van der Waals surface area contributed by atoms with Crippen LogP contribution in [0.15, 0.2) is 12.4 Å². The van der Waals surface area contributed by atoms with Gasteiger partial charge in [0.1, 0.15) is 0 Å². The predicted octanol–water partition coefficient (Wildman–Crippen LogP) is 2.47. The monoisotopic (exact) mass is 290 g/mol. The minimum absolute atomic E-state index is 0.410. The lowest BCUT2D eigenvalue weighted by molar-refractivity contribution is -0.131. The van der Waals surface area contributed by atoms with Crippen LogP contribution in [0.2, 0.25) is 0 Å². The zero-order chi connectivity index (χ0) is 13.3. The number of rotatable bonds is 4. The summed E-state index contributed by atoms with van der Waals surface area (Å²) in [7, 11) is 0.0365. The van der Waals surface area contributed by atoms with Crippen molar-refractivity contribution in [2.75, 3.05) is 0 Å². The lowest BCUT2D eigenvalue weighted by Gasteiger charge is -2.15. The Bertz CT molecular complexity index is 483. The lowest BCUT2D eigenvalue weighted by atomic mass is 10.2. The summed E-state index contributed by atoms with van der Waals surface area (Å²) in [4.78, 5) is 0. The fraction of sp³-hybridized carbons (Fsp3) is 0.625. The van der Waals surface area contributed by atoms with Crippen molar-refractivity contribution in [2.45, 2.75) is 31.3 Å².